The number of carbonyl (C=O) groups excluding carboxylic acids is 3. The zero-order chi connectivity index (χ0) is 34.3. The average molecular weight is 663 g/mol. The van der Waals surface area contributed by atoms with Crippen LogP contribution in [-0.2, 0) is 25.4 Å². The van der Waals surface area contributed by atoms with Crippen molar-refractivity contribution >= 4 is 17.9 Å². The molecule has 3 heterocycles. The molecule has 0 bridgehead atoms. The zero-order valence-electron chi connectivity index (χ0n) is 28.3. The molecule has 0 saturated carbocycles. The van der Waals surface area contributed by atoms with Crippen molar-refractivity contribution in [2.45, 2.75) is 71.9 Å². The van der Waals surface area contributed by atoms with Gasteiger partial charge in [-0.25, -0.2) is 18.3 Å². The van der Waals surface area contributed by atoms with Gasteiger partial charge in [-0.15, -0.1) is 5.10 Å². The largest absolute Gasteiger partial charge is 0.444 e. The van der Waals surface area contributed by atoms with Gasteiger partial charge < -0.3 is 28.9 Å². The van der Waals surface area contributed by atoms with Crippen LogP contribution in [-0.4, -0.2) is 119 Å². The fourth-order valence-electron chi connectivity index (χ4n) is 6.00. The van der Waals surface area contributed by atoms with Gasteiger partial charge in [-0.3, -0.25) is 9.59 Å². The van der Waals surface area contributed by atoms with Gasteiger partial charge in [0.25, 0.3) is 5.91 Å². The van der Waals surface area contributed by atoms with Crippen LogP contribution in [0.1, 0.15) is 70.1 Å². The van der Waals surface area contributed by atoms with E-state index in [1.807, 2.05) is 13.8 Å². The molecule has 0 aliphatic carbocycles. The number of piperidine rings is 1. The zero-order valence-corrected chi connectivity index (χ0v) is 28.3. The van der Waals surface area contributed by atoms with Gasteiger partial charge in [0.2, 0.25) is 5.91 Å². The van der Waals surface area contributed by atoms with Crippen LogP contribution in [0.2, 0.25) is 0 Å². The van der Waals surface area contributed by atoms with Crippen LogP contribution < -0.4 is 0 Å². The van der Waals surface area contributed by atoms with Gasteiger partial charge in [0.15, 0.2) is 17.3 Å². The van der Waals surface area contributed by atoms with Crippen LogP contribution in [0.15, 0.2) is 18.2 Å². The summed E-state index contributed by atoms with van der Waals surface area (Å²) in [7, 11) is 1.59. The molecular weight excluding hydrogens is 614 g/mol. The fourth-order valence-corrected chi connectivity index (χ4v) is 6.00. The number of methoxy groups -OCH3 is 1. The lowest BCUT2D eigenvalue weighted by Gasteiger charge is -2.44. The number of morpholine rings is 1. The number of ether oxygens (including phenoxy) is 3. The van der Waals surface area contributed by atoms with E-state index in [0.717, 1.165) is 6.07 Å². The van der Waals surface area contributed by atoms with Crippen molar-refractivity contribution in [3.63, 3.8) is 0 Å². The number of amides is 3. The number of likely N-dealkylation sites (tertiary alicyclic amines) is 1. The molecule has 0 spiro atoms. The Bertz CT molecular complexity index is 1390. The van der Waals surface area contributed by atoms with E-state index in [1.165, 1.54) is 21.7 Å². The van der Waals surface area contributed by atoms with Crippen molar-refractivity contribution in [2.24, 2.45) is 11.8 Å². The van der Waals surface area contributed by atoms with Gasteiger partial charge in [0, 0.05) is 46.4 Å². The van der Waals surface area contributed by atoms with Gasteiger partial charge in [0.05, 0.1) is 30.9 Å². The standard InChI is InChI=1S/C33H48F2N6O6/c1-22(2)19-40(24-18-23(30(42)38-13-16-46-17-14-38)20-39(21-24)32(44)47-33(3,4)5)31(43)29-27(11-7-8-15-45-6)41(37-36-29)26-12-9-10-25(34)28(26)35/h9-10,12,22-24H,7-8,11,13-21H2,1-6H3/t23-,24+/m1/s1. The highest BCUT2D eigenvalue weighted by Crippen LogP contribution is 2.28. The molecule has 12 nitrogen and oxygen atoms in total. The van der Waals surface area contributed by atoms with Gasteiger partial charge in [-0.1, -0.05) is 25.1 Å². The van der Waals surface area contributed by atoms with Gasteiger partial charge in [0.1, 0.15) is 11.3 Å². The fraction of sp³-hybridized carbons (Fsp3) is 0.667. The van der Waals surface area contributed by atoms with E-state index < -0.39 is 41.2 Å². The number of halogens is 2. The Morgan fingerprint density at radius 3 is 2.47 bits per heavy atom. The molecule has 4 rings (SSSR count). The molecular formula is C33H48F2N6O6. The molecule has 0 N–H and O–H groups in total. The average Bonchev–Trinajstić information content (AvgIpc) is 3.45. The van der Waals surface area contributed by atoms with E-state index in [-0.39, 0.29) is 36.3 Å². The second kappa shape index (κ2) is 16.0. The highest BCUT2D eigenvalue weighted by molar-refractivity contribution is 5.94. The predicted octanol–water partition coefficient (Wildman–Crippen LogP) is 4.10. The number of hydrogen-bond acceptors (Lipinski definition) is 8. The maximum Gasteiger partial charge on any atom is 0.410 e. The number of aromatic nitrogens is 3. The molecule has 2 aliphatic heterocycles. The second-order valence-electron chi connectivity index (χ2n) is 13.6. The van der Waals surface area contributed by atoms with Gasteiger partial charge in [-0.2, -0.15) is 0 Å². The summed E-state index contributed by atoms with van der Waals surface area (Å²) in [6.07, 6.45) is 1.30. The molecule has 2 aliphatic rings. The van der Waals surface area contributed by atoms with Crippen LogP contribution in [0.5, 0.6) is 0 Å². The molecule has 47 heavy (non-hydrogen) atoms. The maximum atomic E-state index is 15.0. The highest BCUT2D eigenvalue weighted by atomic mass is 19.2. The quantitative estimate of drug-likeness (QED) is 0.330. The topological polar surface area (TPSA) is 119 Å². The summed E-state index contributed by atoms with van der Waals surface area (Å²) >= 11 is 0. The summed E-state index contributed by atoms with van der Waals surface area (Å²) in [5, 5.41) is 8.35. The van der Waals surface area contributed by atoms with Crippen LogP contribution in [0.25, 0.3) is 5.69 Å². The van der Waals surface area contributed by atoms with E-state index in [0.29, 0.717) is 70.8 Å². The first-order valence-electron chi connectivity index (χ1n) is 16.3. The summed E-state index contributed by atoms with van der Waals surface area (Å²) in [4.78, 5) is 46.6. The Hall–Kier alpha value is -3.65. The monoisotopic (exact) mass is 662 g/mol. The molecule has 2 saturated heterocycles. The molecule has 1 aromatic carbocycles. The van der Waals surface area contributed by atoms with E-state index in [4.69, 9.17) is 14.2 Å². The van der Waals surface area contributed by atoms with Crippen molar-refractivity contribution in [2.75, 3.05) is 59.7 Å². The SMILES string of the molecule is COCCCCc1c(C(=O)N(CC(C)C)[C@H]2C[C@@H](C(=O)N3CCOCC3)CN(C(=O)OC(C)(C)C)C2)nnn1-c1cccc(F)c1F. The summed E-state index contributed by atoms with van der Waals surface area (Å²) in [5.74, 6) is -3.26. The Kier molecular flexibility index (Phi) is 12.3. The molecule has 2 fully saturated rings. The minimum absolute atomic E-state index is 0.0113. The minimum atomic E-state index is -1.10. The second-order valence-corrected chi connectivity index (χ2v) is 13.6. The van der Waals surface area contributed by atoms with Crippen molar-refractivity contribution in [1.29, 1.82) is 0 Å². The first-order valence-corrected chi connectivity index (χ1v) is 16.3. The minimum Gasteiger partial charge on any atom is -0.444 e. The lowest BCUT2D eigenvalue weighted by molar-refractivity contribution is -0.142. The van der Waals surface area contributed by atoms with E-state index in [2.05, 4.69) is 10.3 Å². The van der Waals surface area contributed by atoms with Crippen LogP contribution in [0.3, 0.4) is 0 Å². The molecule has 3 amide bonds. The molecule has 0 unspecified atom stereocenters. The molecule has 2 aromatic rings. The Labute approximate surface area is 275 Å². The number of rotatable bonds is 11. The normalized spacial score (nSPS) is 18.8. The lowest BCUT2D eigenvalue weighted by atomic mass is 9.91. The maximum absolute atomic E-state index is 15.0. The Morgan fingerprint density at radius 1 is 1.09 bits per heavy atom. The first-order chi connectivity index (χ1) is 22.3. The van der Waals surface area contributed by atoms with Gasteiger partial charge in [-0.05, 0) is 64.5 Å². The summed E-state index contributed by atoms with van der Waals surface area (Å²) in [6.45, 7) is 12.1. The number of carbonyl (C=O) groups is 3. The summed E-state index contributed by atoms with van der Waals surface area (Å²) in [6, 6.07) is 3.21. The Morgan fingerprint density at radius 2 is 1.81 bits per heavy atom. The molecule has 2 atom stereocenters. The van der Waals surface area contributed by atoms with E-state index >= 15 is 0 Å². The number of hydrogen-bond donors (Lipinski definition) is 0. The summed E-state index contributed by atoms with van der Waals surface area (Å²) in [5.41, 5.74) is -0.565. The molecule has 1 aromatic heterocycles. The van der Waals surface area contributed by atoms with E-state index in [1.54, 1.807) is 37.7 Å². The molecule has 260 valence electrons. The summed E-state index contributed by atoms with van der Waals surface area (Å²) < 4.78 is 46.7. The third-order valence-electron chi connectivity index (χ3n) is 8.15. The van der Waals surface area contributed by atoms with Crippen LogP contribution in [0, 0.1) is 23.5 Å². The lowest BCUT2D eigenvalue weighted by Crippen LogP contribution is -2.58. The molecule has 0 radical (unpaired) electrons. The van der Waals surface area contributed by atoms with Crippen molar-refractivity contribution in [1.82, 2.24) is 29.7 Å². The Balaban J connectivity index is 1.72. The van der Waals surface area contributed by atoms with E-state index in [9.17, 15) is 23.2 Å². The van der Waals surface area contributed by atoms with Crippen molar-refractivity contribution in [3.8, 4) is 5.69 Å². The van der Waals surface area contributed by atoms with Crippen LogP contribution in [0.4, 0.5) is 13.6 Å². The smallest absolute Gasteiger partial charge is 0.410 e. The molecule has 14 heteroatoms. The van der Waals surface area contributed by atoms with Crippen molar-refractivity contribution < 1.29 is 37.4 Å². The number of nitrogens with zero attached hydrogens (tertiary/aromatic N) is 6. The van der Waals surface area contributed by atoms with Crippen LogP contribution >= 0.6 is 0 Å². The first kappa shape index (κ1) is 36.2. The predicted molar refractivity (Wildman–Crippen MR) is 169 cm³/mol. The van der Waals surface area contributed by atoms with Crippen molar-refractivity contribution in [3.05, 3.63) is 41.2 Å². The highest BCUT2D eigenvalue weighted by Gasteiger charge is 2.42. The third-order valence-corrected chi connectivity index (χ3v) is 8.15. The number of unbranched alkanes of at least 4 members (excludes halogenated alkanes) is 1. The third kappa shape index (κ3) is 9.25. The number of benzene rings is 1. The van der Waals surface area contributed by atoms with Gasteiger partial charge >= 0.3 is 6.09 Å².